The number of ether oxygens (including phenoxy) is 1. The number of aryl methyl sites for hydroxylation is 2. The summed E-state index contributed by atoms with van der Waals surface area (Å²) in [5, 5.41) is 4.67. The molecule has 0 aliphatic carbocycles. The Balaban J connectivity index is 1.50. The number of aromatic nitrogens is 3. The predicted molar refractivity (Wildman–Crippen MR) is 102 cm³/mol. The van der Waals surface area contributed by atoms with Crippen LogP contribution in [0.15, 0.2) is 12.4 Å². The molecule has 3 aromatic heterocycles. The van der Waals surface area contributed by atoms with E-state index in [0.717, 1.165) is 71.2 Å². The van der Waals surface area contributed by atoms with Crippen LogP contribution in [-0.4, -0.2) is 54.3 Å². The molecule has 0 amide bonds. The molecule has 0 atom stereocenters. The van der Waals surface area contributed by atoms with Crippen LogP contribution >= 0.6 is 11.3 Å². The molecule has 4 rings (SSSR count). The number of pyridine rings is 1. The summed E-state index contributed by atoms with van der Waals surface area (Å²) in [7, 11) is 0. The maximum atomic E-state index is 5.41. The number of fused-ring (bicyclic) bond motifs is 3. The number of hydrogen-bond acceptors (Lipinski definition) is 6. The fourth-order valence-electron chi connectivity index (χ4n) is 3.49. The Morgan fingerprint density at radius 2 is 2.08 bits per heavy atom. The molecule has 0 spiro atoms. The van der Waals surface area contributed by atoms with Crippen LogP contribution in [0.2, 0.25) is 0 Å². The quantitative estimate of drug-likeness (QED) is 0.678. The van der Waals surface area contributed by atoms with Crippen molar-refractivity contribution in [3.05, 3.63) is 23.7 Å². The summed E-state index contributed by atoms with van der Waals surface area (Å²) in [6.07, 6.45) is 2.78. The van der Waals surface area contributed by atoms with Gasteiger partial charge in [0.2, 0.25) is 0 Å². The highest BCUT2D eigenvalue weighted by atomic mass is 32.1. The molecule has 132 valence electrons. The Morgan fingerprint density at radius 1 is 1.24 bits per heavy atom. The highest BCUT2D eigenvalue weighted by Crippen LogP contribution is 2.36. The third-order valence-corrected chi connectivity index (χ3v) is 5.83. The molecular weight excluding hydrogens is 334 g/mol. The van der Waals surface area contributed by atoms with Crippen LogP contribution in [-0.2, 0) is 4.74 Å². The summed E-state index contributed by atoms with van der Waals surface area (Å²) in [5.41, 5.74) is 3.29. The van der Waals surface area contributed by atoms with E-state index in [-0.39, 0.29) is 0 Å². The van der Waals surface area contributed by atoms with Gasteiger partial charge in [-0.05, 0) is 25.5 Å². The van der Waals surface area contributed by atoms with Crippen molar-refractivity contribution in [2.45, 2.75) is 20.3 Å². The van der Waals surface area contributed by atoms with Crippen LogP contribution in [0, 0.1) is 13.8 Å². The Labute approximate surface area is 151 Å². The maximum absolute atomic E-state index is 5.41. The van der Waals surface area contributed by atoms with E-state index in [1.54, 1.807) is 22.6 Å². The van der Waals surface area contributed by atoms with Crippen molar-refractivity contribution < 1.29 is 9.64 Å². The molecule has 1 aliphatic rings. The lowest BCUT2D eigenvalue weighted by atomic mass is 10.1. The minimum atomic E-state index is 0.892. The minimum absolute atomic E-state index is 0.892. The van der Waals surface area contributed by atoms with Crippen molar-refractivity contribution in [1.82, 2.24) is 15.0 Å². The van der Waals surface area contributed by atoms with Gasteiger partial charge in [0.15, 0.2) is 0 Å². The first kappa shape index (κ1) is 16.6. The number of hydrogen-bond donors (Lipinski definition) is 2. The lowest BCUT2D eigenvalue weighted by Gasteiger charge is -2.23. The molecule has 3 aromatic rings. The molecule has 0 bridgehead atoms. The van der Waals surface area contributed by atoms with Crippen molar-refractivity contribution >= 4 is 37.6 Å². The van der Waals surface area contributed by atoms with Gasteiger partial charge in [0.25, 0.3) is 0 Å². The number of rotatable bonds is 5. The summed E-state index contributed by atoms with van der Waals surface area (Å²) in [4.78, 5) is 16.4. The van der Waals surface area contributed by atoms with E-state index in [1.165, 1.54) is 12.1 Å². The smallest absolute Gasteiger partial charge is 0.147 e. The van der Waals surface area contributed by atoms with Crippen molar-refractivity contribution in [3.63, 3.8) is 0 Å². The number of morpholine rings is 1. The van der Waals surface area contributed by atoms with E-state index in [4.69, 9.17) is 4.74 Å². The Bertz CT molecular complexity index is 888. The molecule has 6 nitrogen and oxygen atoms in total. The van der Waals surface area contributed by atoms with Gasteiger partial charge in [-0.1, -0.05) is 0 Å². The summed E-state index contributed by atoms with van der Waals surface area (Å²) in [5.74, 6) is 0.932. The fraction of sp³-hybridized carbons (Fsp3) is 0.500. The molecule has 0 aromatic carbocycles. The third kappa shape index (κ3) is 3.44. The highest BCUT2D eigenvalue weighted by Gasteiger charge is 2.15. The minimum Gasteiger partial charge on any atom is -0.370 e. The van der Waals surface area contributed by atoms with Crippen LogP contribution in [0.1, 0.15) is 17.7 Å². The van der Waals surface area contributed by atoms with Gasteiger partial charge in [0.05, 0.1) is 30.0 Å². The molecule has 1 fully saturated rings. The summed E-state index contributed by atoms with van der Waals surface area (Å²) in [6.45, 7) is 10.3. The zero-order chi connectivity index (χ0) is 17.2. The van der Waals surface area contributed by atoms with Crippen LogP contribution in [0.5, 0.6) is 0 Å². The molecule has 4 heterocycles. The van der Waals surface area contributed by atoms with Gasteiger partial charge in [-0.25, -0.2) is 15.0 Å². The number of anilines is 1. The second-order valence-electron chi connectivity index (χ2n) is 6.66. The Hall–Kier alpha value is -1.83. The summed E-state index contributed by atoms with van der Waals surface area (Å²) < 4.78 is 6.52. The fourth-order valence-corrected chi connectivity index (χ4v) is 4.71. The van der Waals surface area contributed by atoms with Crippen molar-refractivity contribution in [2.24, 2.45) is 0 Å². The number of quaternary nitrogens is 1. The molecular formula is C18H24N5OS+. The molecule has 25 heavy (non-hydrogen) atoms. The second kappa shape index (κ2) is 7.19. The largest absolute Gasteiger partial charge is 0.370 e. The van der Waals surface area contributed by atoms with E-state index in [2.05, 4.69) is 33.3 Å². The van der Waals surface area contributed by atoms with Gasteiger partial charge in [0, 0.05) is 24.0 Å². The van der Waals surface area contributed by atoms with Crippen LogP contribution < -0.4 is 10.2 Å². The number of nitrogens with one attached hydrogen (secondary N) is 2. The Morgan fingerprint density at radius 3 is 2.92 bits per heavy atom. The lowest BCUT2D eigenvalue weighted by molar-refractivity contribution is -0.908. The van der Waals surface area contributed by atoms with Crippen molar-refractivity contribution in [2.75, 3.05) is 44.7 Å². The predicted octanol–water partition coefficient (Wildman–Crippen LogP) is 1.57. The average molecular weight is 358 g/mol. The zero-order valence-electron chi connectivity index (χ0n) is 14.8. The van der Waals surface area contributed by atoms with E-state index < -0.39 is 0 Å². The first-order valence-electron chi connectivity index (χ1n) is 8.89. The third-order valence-electron chi connectivity index (χ3n) is 4.75. The molecule has 0 radical (unpaired) electrons. The summed E-state index contributed by atoms with van der Waals surface area (Å²) in [6, 6.07) is 2.12. The van der Waals surface area contributed by atoms with Gasteiger partial charge < -0.3 is 15.0 Å². The van der Waals surface area contributed by atoms with Crippen LogP contribution in [0.4, 0.5) is 5.82 Å². The van der Waals surface area contributed by atoms with Gasteiger partial charge in [0.1, 0.15) is 30.1 Å². The second-order valence-corrected chi connectivity index (χ2v) is 7.65. The molecule has 0 saturated carbocycles. The Kier molecular flexibility index (Phi) is 4.78. The molecule has 7 heteroatoms. The standard InChI is InChI=1S/C18H23N5OS/c1-12-10-13(2)22-18-14(12)15-16(25-18)17(21-11-20-15)19-4-3-5-23-6-8-24-9-7-23/h10-11H,3-9H2,1-2H3,(H,19,20,21)/p+1. The lowest BCUT2D eigenvalue weighted by Crippen LogP contribution is -3.14. The molecule has 1 aliphatic heterocycles. The number of nitrogens with zero attached hydrogens (tertiary/aromatic N) is 3. The molecule has 0 unspecified atom stereocenters. The van der Waals surface area contributed by atoms with Gasteiger partial charge >= 0.3 is 0 Å². The number of thiophene rings is 1. The molecule has 1 saturated heterocycles. The average Bonchev–Trinajstić information content (AvgIpc) is 2.98. The first-order chi connectivity index (χ1) is 12.2. The van der Waals surface area contributed by atoms with Crippen molar-refractivity contribution in [3.8, 4) is 0 Å². The van der Waals surface area contributed by atoms with Crippen LogP contribution in [0.3, 0.4) is 0 Å². The topological polar surface area (TPSA) is 64.4 Å². The van der Waals surface area contributed by atoms with E-state index in [0.29, 0.717) is 0 Å². The van der Waals surface area contributed by atoms with Crippen LogP contribution in [0.25, 0.3) is 20.4 Å². The van der Waals surface area contributed by atoms with E-state index >= 15 is 0 Å². The maximum Gasteiger partial charge on any atom is 0.147 e. The van der Waals surface area contributed by atoms with E-state index in [1.807, 2.05) is 6.92 Å². The highest BCUT2D eigenvalue weighted by molar-refractivity contribution is 7.26. The molecule has 2 N–H and O–H groups in total. The summed E-state index contributed by atoms with van der Waals surface area (Å²) >= 11 is 1.68. The van der Waals surface area contributed by atoms with Gasteiger partial charge in [-0.2, -0.15) is 0 Å². The SMILES string of the molecule is Cc1cc(C)c2c(n1)sc1c(NCCC[NH+]3CCOCC3)ncnc12. The first-order valence-corrected chi connectivity index (χ1v) is 9.70. The zero-order valence-corrected chi connectivity index (χ0v) is 15.6. The van der Waals surface area contributed by atoms with E-state index in [9.17, 15) is 0 Å². The monoisotopic (exact) mass is 358 g/mol. The van der Waals surface area contributed by atoms with Gasteiger partial charge in [-0.15, -0.1) is 11.3 Å². The normalized spacial score (nSPS) is 15.9. The van der Waals surface area contributed by atoms with Gasteiger partial charge in [-0.3, -0.25) is 0 Å². The van der Waals surface area contributed by atoms with Crippen molar-refractivity contribution in [1.29, 1.82) is 0 Å².